The number of fused-ring (bicyclic) bond motifs is 1. The predicted molar refractivity (Wildman–Crippen MR) is 80.5 cm³/mol. The number of hydrogen-bond acceptors (Lipinski definition) is 4. The van der Waals surface area contributed by atoms with E-state index in [0.717, 1.165) is 18.7 Å². The van der Waals surface area contributed by atoms with Gasteiger partial charge in [-0.25, -0.2) is 0 Å². The molecule has 2 amide bonds. The van der Waals surface area contributed by atoms with Gasteiger partial charge in [0, 0.05) is 44.4 Å². The third kappa shape index (κ3) is 4.46. The third-order valence-electron chi connectivity index (χ3n) is 3.34. The van der Waals surface area contributed by atoms with Crippen LogP contribution in [0.15, 0.2) is 18.2 Å². The molecule has 0 radical (unpaired) electrons. The maximum atomic E-state index is 12.0. The van der Waals surface area contributed by atoms with E-state index in [0.29, 0.717) is 25.3 Å². The second-order valence-electron chi connectivity index (χ2n) is 4.90. The van der Waals surface area contributed by atoms with Crippen LogP contribution in [0.2, 0.25) is 0 Å². The third-order valence-corrected chi connectivity index (χ3v) is 3.34. The van der Waals surface area contributed by atoms with Crippen LogP contribution in [0, 0.1) is 0 Å². The maximum absolute atomic E-state index is 12.0. The average molecular weight is 291 g/mol. The number of ether oxygens (including phenoxy) is 1. The van der Waals surface area contributed by atoms with E-state index in [1.807, 2.05) is 12.1 Å². The van der Waals surface area contributed by atoms with Gasteiger partial charge in [0.2, 0.25) is 5.91 Å². The predicted octanol–water partition coefficient (Wildman–Crippen LogP) is 0.537. The largest absolute Gasteiger partial charge is 0.384 e. The molecule has 0 fully saturated rings. The van der Waals surface area contributed by atoms with Gasteiger partial charge in [0.15, 0.2) is 0 Å². The summed E-state index contributed by atoms with van der Waals surface area (Å²) < 4.78 is 4.84. The van der Waals surface area contributed by atoms with Crippen LogP contribution >= 0.6 is 0 Å². The first kappa shape index (κ1) is 15.3. The standard InChI is InChI=1S/C15H21N3O3/c1-21-9-8-17-14(19)5-7-18-15(20)12-2-3-13-11(10-12)4-6-16-13/h2-3,10,16H,4-9H2,1H3,(H,17,19)(H,18,20). The Hall–Kier alpha value is -2.08. The summed E-state index contributed by atoms with van der Waals surface area (Å²) in [4.78, 5) is 23.5. The van der Waals surface area contributed by atoms with Crippen molar-refractivity contribution in [2.45, 2.75) is 12.8 Å². The van der Waals surface area contributed by atoms with Gasteiger partial charge in [-0.05, 0) is 30.2 Å². The van der Waals surface area contributed by atoms with E-state index < -0.39 is 0 Å². The zero-order valence-electron chi connectivity index (χ0n) is 12.2. The molecule has 0 spiro atoms. The van der Waals surface area contributed by atoms with Crippen LogP contribution in [0.4, 0.5) is 5.69 Å². The molecule has 1 aromatic carbocycles. The molecule has 0 aliphatic carbocycles. The second-order valence-corrected chi connectivity index (χ2v) is 4.90. The minimum atomic E-state index is -0.144. The zero-order chi connectivity index (χ0) is 15.1. The Labute approximate surface area is 124 Å². The monoisotopic (exact) mass is 291 g/mol. The molecule has 0 saturated carbocycles. The van der Waals surface area contributed by atoms with E-state index in [9.17, 15) is 9.59 Å². The topological polar surface area (TPSA) is 79.5 Å². The van der Waals surface area contributed by atoms with Gasteiger partial charge in [-0.3, -0.25) is 9.59 Å². The van der Waals surface area contributed by atoms with Gasteiger partial charge < -0.3 is 20.7 Å². The second kappa shape index (κ2) is 7.64. The van der Waals surface area contributed by atoms with Crippen LogP contribution < -0.4 is 16.0 Å². The molecule has 1 aromatic rings. The highest BCUT2D eigenvalue weighted by molar-refractivity contribution is 5.95. The summed E-state index contributed by atoms with van der Waals surface area (Å²) in [6.45, 7) is 2.22. The van der Waals surface area contributed by atoms with Gasteiger partial charge in [-0.1, -0.05) is 0 Å². The highest BCUT2D eigenvalue weighted by atomic mass is 16.5. The van der Waals surface area contributed by atoms with E-state index in [-0.39, 0.29) is 18.2 Å². The number of methoxy groups -OCH3 is 1. The summed E-state index contributed by atoms with van der Waals surface area (Å²) in [6.07, 6.45) is 1.21. The molecule has 0 atom stereocenters. The van der Waals surface area contributed by atoms with Crippen molar-refractivity contribution < 1.29 is 14.3 Å². The Bertz CT molecular complexity index is 517. The Morgan fingerprint density at radius 1 is 1.29 bits per heavy atom. The van der Waals surface area contributed by atoms with Gasteiger partial charge >= 0.3 is 0 Å². The van der Waals surface area contributed by atoms with E-state index in [4.69, 9.17) is 4.74 Å². The number of carbonyl (C=O) groups excluding carboxylic acids is 2. The van der Waals surface area contributed by atoms with Crippen molar-refractivity contribution >= 4 is 17.5 Å². The fraction of sp³-hybridized carbons (Fsp3) is 0.467. The van der Waals surface area contributed by atoms with Gasteiger partial charge in [-0.15, -0.1) is 0 Å². The zero-order valence-corrected chi connectivity index (χ0v) is 12.2. The smallest absolute Gasteiger partial charge is 0.251 e. The molecule has 3 N–H and O–H groups in total. The number of hydrogen-bond donors (Lipinski definition) is 3. The van der Waals surface area contributed by atoms with Crippen LogP contribution in [0.1, 0.15) is 22.3 Å². The van der Waals surface area contributed by atoms with Crippen molar-refractivity contribution in [3.8, 4) is 0 Å². The first-order chi connectivity index (χ1) is 10.2. The molecule has 0 saturated heterocycles. The van der Waals surface area contributed by atoms with E-state index in [2.05, 4.69) is 16.0 Å². The van der Waals surface area contributed by atoms with Crippen LogP contribution in [0.25, 0.3) is 0 Å². The summed E-state index contributed by atoms with van der Waals surface area (Å²) in [7, 11) is 1.58. The lowest BCUT2D eigenvalue weighted by atomic mass is 10.1. The van der Waals surface area contributed by atoms with Crippen LogP contribution in [0.3, 0.4) is 0 Å². The lowest BCUT2D eigenvalue weighted by molar-refractivity contribution is -0.121. The molecule has 0 unspecified atom stereocenters. The molecule has 21 heavy (non-hydrogen) atoms. The Balaban J connectivity index is 1.73. The molecular formula is C15H21N3O3. The summed E-state index contributed by atoms with van der Waals surface area (Å²) in [5.74, 6) is -0.236. The van der Waals surface area contributed by atoms with Gasteiger partial charge in [0.1, 0.15) is 0 Å². The van der Waals surface area contributed by atoms with E-state index in [1.54, 1.807) is 13.2 Å². The first-order valence-electron chi connectivity index (χ1n) is 7.11. The molecule has 2 rings (SSSR count). The number of benzene rings is 1. The fourth-order valence-corrected chi connectivity index (χ4v) is 2.22. The van der Waals surface area contributed by atoms with Crippen molar-refractivity contribution in [3.63, 3.8) is 0 Å². The van der Waals surface area contributed by atoms with E-state index in [1.165, 1.54) is 5.56 Å². The van der Waals surface area contributed by atoms with Gasteiger partial charge in [0.05, 0.1) is 6.61 Å². The number of anilines is 1. The molecular weight excluding hydrogens is 270 g/mol. The summed E-state index contributed by atoms with van der Waals surface area (Å²) in [5.41, 5.74) is 2.90. The van der Waals surface area contributed by atoms with Crippen molar-refractivity contribution in [2.24, 2.45) is 0 Å². The van der Waals surface area contributed by atoms with Crippen molar-refractivity contribution in [1.29, 1.82) is 0 Å². The lowest BCUT2D eigenvalue weighted by Crippen LogP contribution is -2.32. The molecule has 0 aromatic heterocycles. The minimum absolute atomic E-state index is 0.0921. The number of amides is 2. The first-order valence-corrected chi connectivity index (χ1v) is 7.11. The Kier molecular flexibility index (Phi) is 5.57. The van der Waals surface area contributed by atoms with Crippen molar-refractivity contribution in [3.05, 3.63) is 29.3 Å². The van der Waals surface area contributed by atoms with Crippen LogP contribution in [-0.4, -0.2) is 45.2 Å². The highest BCUT2D eigenvalue weighted by Crippen LogP contribution is 2.22. The summed E-state index contributed by atoms with van der Waals surface area (Å²) >= 11 is 0. The van der Waals surface area contributed by atoms with Crippen LogP contribution in [-0.2, 0) is 16.0 Å². The summed E-state index contributed by atoms with van der Waals surface area (Å²) in [6, 6.07) is 5.63. The number of nitrogens with one attached hydrogen (secondary N) is 3. The fourth-order valence-electron chi connectivity index (χ4n) is 2.22. The molecule has 6 heteroatoms. The Morgan fingerprint density at radius 3 is 2.95 bits per heavy atom. The van der Waals surface area contributed by atoms with Crippen molar-refractivity contribution in [2.75, 3.05) is 38.7 Å². The van der Waals surface area contributed by atoms with E-state index >= 15 is 0 Å². The number of rotatable bonds is 7. The quantitative estimate of drug-likeness (QED) is 0.641. The SMILES string of the molecule is COCCNC(=O)CCNC(=O)c1ccc2c(c1)CCN2. The summed E-state index contributed by atoms with van der Waals surface area (Å²) in [5, 5.41) is 8.72. The average Bonchev–Trinajstić information content (AvgIpc) is 2.94. The van der Waals surface area contributed by atoms with Crippen molar-refractivity contribution in [1.82, 2.24) is 10.6 Å². The molecule has 1 aliphatic rings. The molecule has 1 aliphatic heterocycles. The normalized spacial score (nSPS) is 12.4. The molecule has 6 nitrogen and oxygen atoms in total. The van der Waals surface area contributed by atoms with Gasteiger partial charge in [0.25, 0.3) is 5.91 Å². The van der Waals surface area contributed by atoms with Gasteiger partial charge in [-0.2, -0.15) is 0 Å². The molecule has 114 valence electrons. The Morgan fingerprint density at radius 2 is 2.14 bits per heavy atom. The van der Waals surface area contributed by atoms with Crippen LogP contribution in [0.5, 0.6) is 0 Å². The molecule has 1 heterocycles. The number of carbonyl (C=O) groups is 2. The highest BCUT2D eigenvalue weighted by Gasteiger charge is 2.13. The minimum Gasteiger partial charge on any atom is -0.384 e. The maximum Gasteiger partial charge on any atom is 0.251 e. The molecule has 0 bridgehead atoms. The lowest BCUT2D eigenvalue weighted by Gasteiger charge is -2.07.